The van der Waals surface area contributed by atoms with E-state index in [1.54, 1.807) is 24.3 Å². The first kappa shape index (κ1) is 35.0. The summed E-state index contributed by atoms with van der Waals surface area (Å²) in [7, 11) is -3.75. The molecule has 0 radical (unpaired) electrons. The number of sulfonamides is 1. The molecule has 0 aromatic heterocycles. The first-order chi connectivity index (χ1) is 20.3. The zero-order chi connectivity index (χ0) is 31.7. The van der Waals surface area contributed by atoms with E-state index < -0.39 is 16.1 Å². The lowest BCUT2D eigenvalue weighted by molar-refractivity contribution is -0.141. The summed E-state index contributed by atoms with van der Waals surface area (Å²) in [4.78, 5) is 29.2. The first-order valence-corrected chi connectivity index (χ1v) is 17.2. The van der Waals surface area contributed by atoms with Crippen LogP contribution in [0.5, 0.6) is 0 Å². The van der Waals surface area contributed by atoms with Crippen LogP contribution in [0.2, 0.25) is 20.1 Å². The average molecular weight is 688 g/mol. The second kappa shape index (κ2) is 16.0. The lowest BCUT2D eigenvalue weighted by atomic mass is 10.0. The molecular formula is C31H35Cl4N3O4S. The molecule has 7 nitrogen and oxygen atoms in total. The van der Waals surface area contributed by atoms with Crippen molar-refractivity contribution < 1.29 is 18.0 Å². The summed E-state index contributed by atoms with van der Waals surface area (Å²) in [5, 5.41) is 4.37. The maximum Gasteiger partial charge on any atom is 0.243 e. The summed E-state index contributed by atoms with van der Waals surface area (Å²) < 4.78 is 26.5. The Bertz CT molecular complexity index is 1520. The van der Waals surface area contributed by atoms with E-state index in [0.717, 1.165) is 16.1 Å². The van der Waals surface area contributed by atoms with Crippen LogP contribution in [0, 0.1) is 0 Å². The zero-order valence-corrected chi connectivity index (χ0v) is 28.0. The molecule has 0 saturated carbocycles. The van der Waals surface area contributed by atoms with Gasteiger partial charge in [0.2, 0.25) is 21.8 Å². The average Bonchev–Trinajstić information content (AvgIpc) is 2.95. The third-order valence-electron chi connectivity index (χ3n) is 6.96. The largest absolute Gasteiger partial charge is 0.352 e. The zero-order valence-electron chi connectivity index (χ0n) is 24.2. The van der Waals surface area contributed by atoms with Gasteiger partial charge in [0, 0.05) is 47.0 Å². The van der Waals surface area contributed by atoms with Gasteiger partial charge in [-0.2, -0.15) is 0 Å². The van der Waals surface area contributed by atoms with Crippen molar-refractivity contribution in [2.24, 2.45) is 0 Å². The van der Waals surface area contributed by atoms with E-state index in [1.807, 2.05) is 44.2 Å². The summed E-state index contributed by atoms with van der Waals surface area (Å²) >= 11 is 25.0. The highest BCUT2D eigenvalue weighted by Gasteiger charge is 2.31. The molecule has 0 heterocycles. The van der Waals surface area contributed by atoms with Gasteiger partial charge >= 0.3 is 0 Å². The Labute approximate surface area is 274 Å². The van der Waals surface area contributed by atoms with Crippen LogP contribution in [-0.2, 0) is 32.6 Å². The number of carbonyl (C=O) groups excluding carboxylic acids is 2. The van der Waals surface area contributed by atoms with Crippen LogP contribution < -0.4 is 9.62 Å². The second-order valence-corrected chi connectivity index (χ2v) is 13.9. The van der Waals surface area contributed by atoms with Gasteiger partial charge in [0.1, 0.15) is 6.04 Å². The van der Waals surface area contributed by atoms with Gasteiger partial charge in [0.05, 0.1) is 17.0 Å². The predicted molar refractivity (Wildman–Crippen MR) is 177 cm³/mol. The molecule has 3 rings (SSSR count). The molecule has 0 aliphatic carbocycles. The number of halogens is 4. The smallest absolute Gasteiger partial charge is 0.243 e. The maximum absolute atomic E-state index is 14.0. The topological polar surface area (TPSA) is 86.8 Å². The van der Waals surface area contributed by atoms with Crippen LogP contribution in [0.25, 0.3) is 0 Å². The van der Waals surface area contributed by atoms with E-state index in [2.05, 4.69) is 5.32 Å². The summed E-state index contributed by atoms with van der Waals surface area (Å²) in [6.45, 7) is 3.90. The Morgan fingerprint density at radius 1 is 0.907 bits per heavy atom. The quantitative estimate of drug-likeness (QED) is 0.192. The molecule has 0 aliphatic heterocycles. The Morgan fingerprint density at radius 3 is 2.19 bits per heavy atom. The standard InChI is InChI=1S/C31H35Cl4N3O4S/c1-4-21(2)36-31(40)29(17-22-9-6-5-7-10-22)37(20-23-12-13-24(32)18-27(23)35)30(39)11-8-16-38(43(3,41)42)28-19-25(33)14-15-26(28)34/h5-7,9-10,12-15,18-19,21,29H,4,8,11,16-17,20H2,1-3H3,(H,36,40)/t21-,29-/m1/s1. The highest BCUT2D eigenvalue weighted by Crippen LogP contribution is 2.31. The van der Waals surface area contributed by atoms with Gasteiger partial charge in [-0.05, 0) is 61.2 Å². The fraction of sp³-hybridized carbons (Fsp3) is 0.355. The summed E-state index contributed by atoms with van der Waals surface area (Å²) in [5.41, 5.74) is 1.73. The molecular weight excluding hydrogens is 652 g/mol. The maximum atomic E-state index is 14.0. The van der Waals surface area contributed by atoms with E-state index >= 15 is 0 Å². The van der Waals surface area contributed by atoms with Crippen LogP contribution in [-0.4, -0.2) is 50.0 Å². The molecule has 43 heavy (non-hydrogen) atoms. The van der Waals surface area contributed by atoms with Gasteiger partial charge in [-0.25, -0.2) is 8.42 Å². The van der Waals surface area contributed by atoms with Gasteiger partial charge in [-0.1, -0.05) is 89.7 Å². The van der Waals surface area contributed by atoms with Crippen LogP contribution >= 0.6 is 46.4 Å². The van der Waals surface area contributed by atoms with Crippen LogP contribution in [0.15, 0.2) is 66.7 Å². The number of nitrogens with zero attached hydrogens (tertiary/aromatic N) is 2. The Morgan fingerprint density at radius 2 is 1.56 bits per heavy atom. The molecule has 3 aromatic carbocycles. The minimum absolute atomic E-state index is 0.0252. The summed E-state index contributed by atoms with van der Waals surface area (Å²) in [5.74, 6) is -0.628. The highest BCUT2D eigenvalue weighted by molar-refractivity contribution is 7.92. The van der Waals surface area contributed by atoms with Gasteiger partial charge in [-0.3, -0.25) is 13.9 Å². The van der Waals surface area contributed by atoms with Crippen molar-refractivity contribution in [3.63, 3.8) is 0 Å². The van der Waals surface area contributed by atoms with E-state index in [9.17, 15) is 18.0 Å². The van der Waals surface area contributed by atoms with Crippen LogP contribution in [0.4, 0.5) is 5.69 Å². The monoisotopic (exact) mass is 685 g/mol. The third kappa shape index (κ3) is 10.3. The number of nitrogens with one attached hydrogen (secondary N) is 1. The Kier molecular flexibility index (Phi) is 13.0. The second-order valence-electron chi connectivity index (χ2n) is 10.3. The van der Waals surface area contributed by atoms with Crippen molar-refractivity contribution >= 4 is 73.9 Å². The minimum atomic E-state index is -3.75. The molecule has 0 unspecified atom stereocenters. The fourth-order valence-corrected chi connectivity index (χ4v) is 6.36. The number of hydrogen-bond donors (Lipinski definition) is 1. The molecule has 0 saturated heterocycles. The SMILES string of the molecule is CC[C@@H](C)NC(=O)[C@@H](Cc1ccccc1)N(Cc1ccc(Cl)cc1Cl)C(=O)CCCN(c1cc(Cl)ccc1Cl)S(C)(=O)=O. The van der Waals surface area contributed by atoms with Crippen molar-refractivity contribution in [1.82, 2.24) is 10.2 Å². The summed E-state index contributed by atoms with van der Waals surface area (Å²) in [6.07, 6.45) is 2.17. The Balaban J connectivity index is 1.94. The van der Waals surface area contributed by atoms with Gasteiger partial charge in [0.15, 0.2) is 0 Å². The van der Waals surface area contributed by atoms with Gasteiger partial charge < -0.3 is 10.2 Å². The van der Waals surface area contributed by atoms with Gasteiger partial charge in [0.25, 0.3) is 0 Å². The number of rotatable bonds is 14. The molecule has 12 heteroatoms. The molecule has 3 aromatic rings. The minimum Gasteiger partial charge on any atom is -0.352 e. The molecule has 232 valence electrons. The molecule has 0 bridgehead atoms. The number of anilines is 1. The molecule has 0 fully saturated rings. The molecule has 2 atom stereocenters. The van der Waals surface area contributed by atoms with Crippen molar-refractivity contribution in [2.45, 2.75) is 58.2 Å². The fourth-order valence-electron chi connectivity index (χ4n) is 4.49. The molecule has 2 amide bonds. The van der Waals surface area contributed by atoms with E-state index in [0.29, 0.717) is 27.1 Å². The van der Waals surface area contributed by atoms with Crippen LogP contribution in [0.3, 0.4) is 0 Å². The number of hydrogen-bond acceptors (Lipinski definition) is 4. The lowest BCUT2D eigenvalue weighted by Gasteiger charge is -2.33. The normalized spacial score (nSPS) is 12.8. The Hall–Kier alpha value is -2.49. The van der Waals surface area contributed by atoms with Crippen molar-refractivity contribution in [3.05, 3.63) is 97.9 Å². The molecule has 1 N–H and O–H groups in total. The number of amides is 2. The highest BCUT2D eigenvalue weighted by atomic mass is 35.5. The van der Waals surface area contributed by atoms with E-state index in [-0.39, 0.29) is 60.9 Å². The van der Waals surface area contributed by atoms with Gasteiger partial charge in [-0.15, -0.1) is 0 Å². The molecule has 0 spiro atoms. The van der Waals surface area contributed by atoms with Crippen molar-refractivity contribution in [3.8, 4) is 0 Å². The predicted octanol–water partition coefficient (Wildman–Crippen LogP) is 7.40. The van der Waals surface area contributed by atoms with Crippen molar-refractivity contribution in [1.29, 1.82) is 0 Å². The first-order valence-electron chi connectivity index (χ1n) is 13.8. The van der Waals surface area contributed by atoms with E-state index in [1.165, 1.54) is 17.0 Å². The molecule has 0 aliphatic rings. The third-order valence-corrected chi connectivity index (χ3v) is 9.28. The van der Waals surface area contributed by atoms with Crippen molar-refractivity contribution in [2.75, 3.05) is 17.1 Å². The van der Waals surface area contributed by atoms with Crippen LogP contribution in [0.1, 0.15) is 44.2 Å². The number of benzene rings is 3. The lowest BCUT2D eigenvalue weighted by Crippen LogP contribution is -2.52. The van der Waals surface area contributed by atoms with E-state index in [4.69, 9.17) is 46.4 Å². The number of carbonyl (C=O) groups is 2. The summed E-state index contributed by atoms with van der Waals surface area (Å²) in [6, 6.07) is 18.0.